The Kier molecular flexibility index (Phi) is 5.40. The highest BCUT2D eigenvalue weighted by Gasteiger charge is 2.11. The third-order valence-corrected chi connectivity index (χ3v) is 4.40. The SMILES string of the molecule is Cc1ccccc1CNc1nccc(C(=O)Nc2ccccc2Br)n1. The third-order valence-electron chi connectivity index (χ3n) is 3.71. The predicted octanol–water partition coefficient (Wildman–Crippen LogP) is 4.41. The topological polar surface area (TPSA) is 66.9 Å². The monoisotopic (exact) mass is 396 g/mol. The number of halogens is 1. The minimum Gasteiger partial charge on any atom is -0.350 e. The second-order valence-corrected chi connectivity index (χ2v) is 6.33. The van der Waals surface area contributed by atoms with Gasteiger partial charge in [0.15, 0.2) is 0 Å². The van der Waals surface area contributed by atoms with E-state index in [2.05, 4.69) is 49.5 Å². The molecule has 1 heterocycles. The molecule has 2 aromatic carbocycles. The average Bonchev–Trinajstić information content (AvgIpc) is 2.63. The highest BCUT2D eigenvalue weighted by atomic mass is 79.9. The molecular weight excluding hydrogens is 380 g/mol. The lowest BCUT2D eigenvalue weighted by atomic mass is 10.1. The van der Waals surface area contributed by atoms with Crippen LogP contribution in [0.3, 0.4) is 0 Å². The van der Waals surface area contributed by atoms with Gasteiger partial charge >= 0.3 is 0 Å². The molecule has 0 spiro atoms. The number of hydrogen-bond acceptors (Lipinski definition) is 4. The van der Waals surface area contributed by atoms with Crippen LogP contribution in [0.1, 0.15) is 21.6 Å². The van der Waals surface area contributed by atoms with Crippen LogP contribution in [0.15, 0.2) is 65.3 Å². The molecule has 0 aliphatic carbocycles. The minimum absolute atomic E-state index is 0.284. The van der Waals surface area contributed by atoms with Crippen molar-refractivity contribution in [1.29, 1.82) is 0 Å². The summed E-state index contributed by atoms with van der Waals surface area (Å²) in [6.45, 7) is 2.65. The number of anilines is 2. The lowest BCUT2D eigenvalue weighted by molar-refractivity contribution is 0.102. The average molecular weight is 397 g/mol. The summed E-state index contributed by atoms with van der Waals surface area (Å²) in [6.07, 6.45) is 1.57. The first-order valence-corrected chi connectivity index (χ1v) is 8.60. The van der Waals surface area contributed by atoms with Crippen LogP contribution >= 0.6 is 15.9 Å². The minimum atomic E-state index is -0.284. The highest BCUT2D eigenvalue weighted by Crippen LogP contribution is 2.21. The van der Waals surface area contributed by atoms with Crippen LogP contribution in [0.5, 0.6) is 0 Å². The van der Waals surface area contributed by atoms with E-state index in [0.29, 0.717) is 23.9 Å². The fraction of sp³-hybridized carbons (Fsp3) is 0.105. The maximum atomic E-state index is 12.4. The molecule has 0 saturated carbocycles. The molecule has 126 valence electrons. The Labute approximate surface area is 154 Å². The van der Waals surface area contributed by atoms with Crippen molar-refractivity contribution in [3.8, 4) is 0 Å². The van der Waals surface area contributed by atoms with Crippen molar-refractivity contribution in [1.82, 2.24) is 9.97 Å². The zero-order chi connectivity index (χ0) is 17.6. The van der Waals surface area contributed by atoms with Gasteiger partial charge in [-0.2, -0.15) is 0 Å². The van der Waals surface area contributed by atoms with Crippen LogP contribution in [0, 0.1) is 6.92 Å². The lowest BCUT2D eigenvalue weighted by Gasteiger charge is -2.09. The Morgan fingerprint density at radius 2 is 1.84 bits per heavy atom. The van der Waals surface area contributed by atoms with Crippen LogP contribution in [0.2, 0.25) is 0 Å². The van der Waals surface area contributed by atoms with Gasteiger partial charge in [-0.25, -0.2) is 9.97 Å². The normalized spacial score (nSPS) is 10.3. The number of carbonyl (C=O) groups excluding carboxylic acids is 1. The van der Waals surface area contributed by atoms with Crippen LogP contribution < -0.4 is 10.6 Å². The molecule has 5 nitrogen and oxygen atoms in total. The van der Waals surface area contributed by atoms with E-state index in [0.717, 1.165) is 10.0 Å². The Bertz CT molecular complexity index is 898. The Balaban J connectivity index is 1.70. The molecular formula is C19H17BrN4O. The van der Waals surface area contributed by atoms with Crippen molar-refractivity contribution >= 4 is 33.5 Å². The summed E-state index contributed by atoms with van der Waals surface area (Å²) < 4.78 is 0.815. The standard InChI is InChI=1S/C19H17BrN4O/c1-13-6-2-3-7-14(13)12-22-19-21-11-10-17(24-19)18(25)23-16-9-5-4-8-15(16)20/h2-11H,12H2,1H3,(H,23,25)(H,21,22,24). The molecule has 0 saturated heterocycles. The van der Waals surface area contributed by atoms with Gasteiger partial charge in [0.25, 0.3) is 5.91 Å². The quantitative estimate of drug-likeness (QED) is 0.669. The fourth-order valence-corrected chi connectivity index (χ4v) is 2.69. The molecule has 0 unspecified atom stereocenters. The van der Waals surface area contributed by atoms with Crippen LogP contribution in [-0.2, 0) is 6.54 Å². The third kappa shape index (κ3) is 4.42. The summed E-state index contributed by atoms with van der Waals surface area (Å²) >= 11 is 3.41. The number of aromatic nitrogens is 2. The molecule has 0 fully saturated rings. The summed E-state index contributed by atoms with van der Waals surface area (Å²) in [5, 5.41) is 5.99. The second-order valence-electron chi connectivity index (χ2n) is 5.48. The number of benzene rings is 2. The molecule has 1 amide bonds. The largest absolute Gasteiger partial charge is 0.350 e. The van der Waals surface area contributed by atoms with Crippen molar-refractivity contribution < 1.29 is 4.79 Å². The Morgan fingerprint density at radius 1 is 1.08 bits per heavy atom. The van der Waals surface area contributed by atoms with E-state index in [1.54, 1.807) is 12.3 Å². The number of amides is 1. The first kappa shape index (κ1) is 17.1. The maximum absolute atomic E-state index is 12.4. The van der Waals surface area contributed by atoms with Gasteiger partial charge in [-0.1, -0.05) is 36.4 Å². The number of nitrogens with zero attached hydrogens (tertiary/aromatic N) is 2. The molecule has 1 aromatic heterocycles. The molecule has 3 aromatic rings. The molecule has 0 aliphatic rings. The molecule has 3 rings (SSSR count). The van der Waals surface area contributed by atoms with Crippen LogP contribution in [-0.4, -0.2) is 15.9 Å². The van der Waals surface area contributed by atoms with Crippen molar-refractivity contribution in [3.05, 3.63) is 82.1 Å². The Morgan fingerprint density at radius 3 is 2.64 bits per heavy atom. The first-order valence-electron chi connectivity index (χ1n) is 7.81. The van der Waals surface area contributed by atoms with E-state index in [1.807, 2.05) is 42.5 Å². The molecule has 6 heteroatoms. The van der Waals surface area contributed by atoms with Crippen molar-refractivity contribution in [3.63, 3.8) is 0 Å². The van der Waals surface area contributed by atoms with Gasteiger partial charge in [0, 0.05) is 17.2 Å². The van der Waals surface area contributed by atoms with E-state index < -0.39 is 0 Å². The van der Waals surface area contributed by atoms with E-state index >= 15 is 0 Å². The van der Waals surface area contributed by atoms with E-state index in [4.69, 9.17) is 0 Å². The van der Waals surface area contributed by atoms with E-state index in [1.165, 1.54) is 5.56 Å². The zero-order valence-electron chi connectivity index (χ0n) is 13.7. The number of hydrogen-bond donors (Lipinski definition) is 2. The van der Waals surface area contributed by atoms with Crippen molar-refractivity contribution in [2.24, 2.45) is 0 Å². The number of aryl methyl sites for hydroxylation is 1. The van der Waals surface area contributed by atoms with Crippen LogP contribution in [0.25, 0.3) is 0 Å². The first-order chi connectivity index (χ1) is 12.1. The highest BCUT2D eigenvalue weighted by molar-refractivity contribution is 9.10. The number of nitrogens with one attached hydrogen (secondary N) is 2. The zero-order valence-corrected chi connectivity index (χ0v) is 15.2. The van der Waals surface area contributed by atoms with Crippen LogP contribution in [0.4, 0.5) is 11.6 Å². The number of carbonyl (C=O) groups is 1. The van der Waals surface area contributed by atoms with Crippen molar-refractivity contribution in [2.45, 2.75) is 13.5 Å². The summed E-state index contributed by atoms with van der Waals surface area (Å²) in [5.74, 6) is 0.135. The van der Waals surface area contributed by atoms with Gasteiger partial charge in [0.05, 0.1) is 5.69 Å². The van der Waals surface area contributed by atoms with Gasteiger partial charge in [0.1, 0.15) is 5.69 Å². The van der Waals surface area contributed by atoms with Gasteiger partial charge in [0.2, 0.25) is 5.95 Å². The second kappa shape index (κ2) is 7.90. The maximum Gasteiger partial charge on any atom is 0.274 e. The summed E-state index contributed by atoms with van der Waals surface area (Å²) in [7, 11) is 0. The summed E-state index contributed by atoms with van der Waals surface area (Å²) in [6, 6.07) is 17.1. The molecule has 0 aliphatic heterocycles. The van der Waals surface area contributed by atoms with Gasteiger partial charge in [-0.3, -0.25) is 4.79 Å². The smallest absolute Gasteiger partial charge is 0.274 e. The molecule has 25 heavy (non-hydrogen) atoms. The molecule has 0 atom stereocenters. The van der Waals surface area contributed by atoms with Gasteiger partial charge < -0.3 is 10.6 Å². The molecule has 0 bridgehead atoms. The van der Waals surface area contributed by atoms with E-state index in [9.17, 15) is 4.79 Å². The summed E-state index contributed by atoms with van der Waals surface area (Å²) in [4.78, 5) is 20.9. The van der Waals surface area contributed by atoms with Gasteiger partial charge in [-0.05, 0) is 52.2 Å². The van der Waals surface area contributed by atoms with Gasteiger partial charge in [-0.15, -0.1) is 0 Å². The van der Waals surface area contributed by atoms with Crippen molar-refractivity contribution in [2.75, 3.05) is 10.6 Å². The number of rotatable bonds is 5. The number of para-hydroxylation sites is 1. The summed E-state index contributed by atoms with van der Waals surface area (Å²) in [5.41, 5.74) is 3.35. The Hall–Kier alpha value is -2.73. The fourth-order valence-electron chi connectivity index (χ4n) is 2.30. The molecule has 0 radical (unpaired) electrons. The lowest BCUT2D eigenvalue weighted by Crippen LogP contribution is -2.15. The molecule has 2 N–H and O–H groups in total. The predicted molar refractivity (Wildman–Crippen MR) is 103 cm³/mol. The van der Waals surface area contributed by atoms with E-state index in [-0.39, 0.29) is 5.91 Å².